The van der Waals surface area contributed by atoms with Gasteiger partial charge in [0, 0.05) is 16.6 Å². The van der Waals surface area contributed by atoms with Gasteiger partial charge in [-0.1, -0.05) is 38.1 Å². The average molecular weight is 464 g/mol. The molecule has 0 aliphatic rings. The van der Waals surface area contributed by atoms with Crippen LogP contribution in [0.1, 0.15) is 37.8 Å². The Balaban J connectivity index is 1.98. The van der Waals surface area contributed by atoms with Gasteiger partial charge in [-0.3, -0.25) is 14.9 Å². The number of rotatable bonds is 6. The van der Waals surface area contributed by atoms with E-state index in [-0.39, 0.29) is 22.6 Å². The van der Waals surface area contributed by atoms with E-state index in [9.17, 15) is 14.9 Å². The highest BCUT2D eigenvalue weighted by Crippen LogP contribution is 2.27. The van der Waals surface area contributed by atoms with Crippen molar-refractivity contribution in [3.05, 3.63) is 68.2 Å². The predicted octanol–water partition coefficient (Wildman–Crippen LogP) is 5.17. The normalized spacial score (nSPS) is 11.8. The largest absolute Gasteiger partial charge is 0.331 e. The molecule has 0 spiro atoms. The van der Waals surface area contributed by atoms with E-state index in [0.717, 1.165) is 12.0 Å². The number of benzene rings is 2. The van der Waals surface area contributed by atoms with Crippen LogP contribution >= 0.6 is 28.1 Å². The molecular weight excluding hydrogens is 442 g/mol. The number of nitro groups is 1. The van der Waals surface area contributed by atoms with Crippen LogP contribution in [0.15, 0.2) is 46.9 Å². The second kappa shape index (κ2) is 9.75. The molecule has 0 bridgehead atoms. The molecule has 0 saturated carbocycles. The third-order valence-corrected chi connectivity index (χ3v) is 5.03. The summed E-state index contributed by atoms with van der Waals surface area (Å²) < 4.78 is 0.479. The van der Waals surface area contributed by atoms with Crippen molar-refractivity contribution in [3.63, 3.8) is 0 Å². The van der Waals surface area contributed by atoms with Crippen LogP contribution in [0, 0.1) is 16.0 Å². The summed E-state index contributed by atoms with van der Waals surface area (Å²) in [6, 6.07) is 12.3. The number of carbonyl (C=O) groups is 1. The fraction of sp³-hybridized carbons (Fsp3) is 0.300. The number of non-ortho nitro benzene ring substituents is 1. The molecule has 0 fully saturated rings. The van der Waals surface area contributed by atoms with Crippen LogP contribution in [0.3, 0.4) is 0 Å². The number of halogens is 1. The van der Waals surface area contributed by atoms with E-state index in [2.05, 4.69) is 40.4 Å². The number of anilines is 1. The van der Waals surface area contributed by atoms with Gasteiger partial charge < -0.3 is 10.6 Å². The molecule has 0 saturated heterocycles. The molecule has 0 radical (unpaired) electrons. The molecule has 2 rings (SSSR count). The maximum atomic E-state index is 12.5. The monoisotopic (exact) mass is 463 g/mol. The first-order chi connectivity index (χ1) is 13.2. The molecule has 2 N–H and O–H groups in total. The lowest BCUT2D eigenvalue weighted by molar-refractivity contribution is -0.384. The van der Waals surface area contributed by atoms with Crippen LogP contribution in [0.4, 0.5) is 11.4 Å². The summed E-state index contributed by atoms with van der Waals surface area (Å²) in [4.78, 5) is 22.8. The lowest BCUT2D eigenvalue weighted by Gasteiger charge is -2.15. The Morgan fingerprint density at radius 2 is 1.82 bits per heavy atom. The van der Waals surface area contributed by atoms with Crippen molar-refractivity contribution in [2.45, 2.75) is 33.1 Å². The Morgan fingerprint density at radius 1 is 1.18 bits per heavy atom. The summed E-state index contributed by atoms with van der Waals surface area (Å²) in [5.74, 6) is -0.0194. The van der Waals surface area contributed by atoms with Crippen LogP contribution in [0.25, 0.3) is 0 Å². The Kier molecular flexibility index (Phi) is 7.65. The van der Waals surface area contributed by atoms with Crippen LogP contribution in [0.5, 0.6) is 0 Å². The van der Waals surface area contributed by atoms with Gasteiger partial charge in [0.15, 0.2) is 5.11 Å². The van der Waals surface area contributed by atoms with Crippen molar-refractivity contribution in [3.8, 4) is 0 Å². The van der Waals surface area contributed by atoms with E-state index in [4.69, 9.17) is 12.2 Å². The number of nitrogens with one attached hydrogen (secondary N) is 2. The maximum absolute atomic E-state index is 12.5. The van der Waals surface area contributed by atoms with Gasteiger partial charge in [0.1, 0.15) is 0 Å². The predicted molar refractivity (Wildman–Crippen MR) is 119 cm³/mol. The quantitative estimate of drug-likeness (QED) is 0.350. The van der Waals surface area contributed by atoms with E-state index in [1.807, 2.05) is 31.2 Å². The summed E-state index contributed by atoms with van der Waals surface area (Å²) in [7, 11) is 0. The zero-order valence-corrected chi connectivity index (χ0v) is 18.3. The topological polar surface area (TPSA) is 84.3 Å². The lowest BCUT2D eigenvalue weighted by Crippen LogP contribution is -2.36. The number of thiocarbonyl (C=S) groups is 1. The highest BCUT2D eigenvalue weighted by molar-refractivity contribution is 9.10. The number of nitro benzene ring substituents is 1. The molecule has 1 atom stereocenters. The Labute approximate surface area is 178 Å². The molecule has 28 heavy (non-hydrogen) atoms. The second-order valence-electron chi connectivity index (χ2n) is 6.93. The highest BCUT2D eigenvalue weighted by atomic mass is 79.9. The third kappa shape index (κ3) is 6.10. The number of amides is 1. The number of nitrogens with zero attached hydrogens (tertiary/aromatic N) is 1. The first kappa shape index (κ1) is 22.0. The summed E-state index contributed by atoms with van der Waals surface area (Å²) in [5.41, 5.74) is 2.64. The molecule has 8 heteroatoms. The van der Waals surface area contributed by atoms with Gasteiger partial charge in [-0.2, -0.15) is 0 Å². The van der Waals surface area contributed by atoms with Gasteiger partial charge in [0.05, 0.1) is 16.5 Å². The molecule has 2 aromatic carbocycles. The van der Waals surface area contributed by atoms with E-state index < -0.39 is 4.92 Å². The minimum absolute atomic E-state index is 0.0399. The summed E-state index contributed by atoms with van der Waals surface area (Å²) >= 11 is 8.46. The van der Waals surface area contributed by atoms with Crippen molar-refractivity contribution < 1.29 is 9.72 Å². The van der Waals surface area contributed by atoms with Gasteiger partial charge in [0.2, 0.25) is 5.91 Å². The van der Waals surface area contributed by atoms with Crippen LogP contribution in [-0.4, -0.2) is 15.9 Å². The maximum Gasteiger partial charge on any atom is 0.270 e. The third-order valence-electron chi connectivity index (χ3n) is 4.17. The number of hydrogen-bond acceptors (Lipinski definition) is 4. The van der Waals surface area contributed by atoms with E-state index >= 15 is 0 Å². The van der Waals surface area contributed by atoms with Gasteiger partial charge in [-0.05, 0) is 64.6 Å². The average Bonchev–Trinajstić information content (AvgIpc) is 2.62. The van der Waals surface area contributed by atoms with E-state index in [1.54, 1.807) is 0 Å². The van der Waals surface area contributed by atoms with Gasteiger partial charge >= 0.3 is 0 Å². The standard InChI is InChI=1S/C20H22BrN3O3S/c1-12(2)10-14-4-6-15(7-5-14)13(3)19(25)23-20(28)22-18-9-8-16(24(26)27)11-17(18)21/h4-9,11-13H,10H2,1-3H3,(H2,22,23,25,28). The van der Waals surface area contributed by atoms with Gasteiger partial charge in [0.25, 0.3) is 5.69 Å². The molecule has 0 heterocycles. The van der Waals surface area contributed by atoms with Crippen molar-refractivity contribution in [1.29, 1.82) is 0 Å². The number of carbonyl (C=O) groups excluding carboxylic acids is 1. The summed E-state index contributed by atoms with van der Waals surface area (Å²) in [6.07, 6.45) is 0.999. The van der Waals surface area contributed by atoms with E-state index in [0.29, 0.717) is 16.1 Å². The van der Waals surface area contributed by atoms with Crippen LogP contribution in [-0.2, 0) is 11.2 Å². The first-order valence-electron chi connectivity index (χ1n) is 8.82. The van der Waals surface area contributed by atoms with Gasteiger partial charge in [-0.25, -0.2) is 0 Å². The zero-order chi connectivity index (χ0) is 20.8. The van der Waals surface area contributed by atoms with Crippen molar-refractivity contribution in [2.24, 2.45) is 5.92 Å². The molecule has 1 unspecified atom stereocenters. The van der Waals surface area contributed by atoms with Crippen LogP contribution < -0.4 is 10.6 Å². The first-order valence-corrected chi connectivity index (χ1v) is 10.0. The SMILES string of the molecule is CC(C)Cc1ccc(C(C)C(=O)NC(=S)Nc2ccc([N+](=O)[O-])cc2Br)cc1. The zero-order valence-electron chi connectivity index (χ0n) is 15.9. The lowest BCUT2D eigenvalue weighted by atomic mass is 9.96. The van der Waals surface area contributed by atoms with Crippen molar-refractivity contribution in [1.82, 2.24) is 5.32 Å². The minimum atomic E-state index is -0.483. The molecule has 6 nitrogen and oxygen atoms in total. The second-order valence-corrected chi connectivity index (χ2v) is 8.19. The minimum Gasteiger partial charge on any atom is -0.331 e. The van der Waals surface area contributed by atoms with Crippen molar-refractivity contribution in [2.75, 3.05) is 5.32 Å². The van der Waals surface area contributed by atoms with E-state index in [1.165, 1.54) is 23.8 Å². The smallest absolute Gasteiger partial charge is 0.270 e. The molecular formula is C20H22BrN3O3S. The van der Waals surface area contributed by atoms with Crippen LogP contribution in [0.2, 0.25) is 0 Å². The molecule has 0 aliphatic heterocycles. The Bertz CT molecular complexity index is 885. The molecule has 148 valence electrons. The molecule has 2 aromatic rings. The molecule has 0 aromatic heterocycles. The highest BCUT2D eigenvalue weighted by Gasteiger charge is 2.17. The van der Waals surface area contributed by atoms with Crippen molar-refractivity contribution >= 4 is 50.5 Å². The summed E-state index contributed by atoms with van der Waals surface area (Å²) in [5, 5.41) is 16.5. The fourth-order valence-electron chi connectivity index (χ4n) is 2.66. The Hall–Kier alpha value is -2.32. The molecule has 0 aliphatic carbocycles. The Morgan fingerprint density at radius 3 is 2.36 bits per heavy atom. The summed E-state index contributed by atoms with van der Waals surface area (Å²) in [6.45, 7) is 6.15. The number of hydrogen-bond donors (Lipinski definition) is 2. The van der Waals surface area contributed by atoms with Gasteiger partial charge in [-0.15, -0.1) is 0 Å². The molecule has 1 amide bonds. The fourth-order valence-corrected chi connectivity index (χ4v) is 3.33.